The highest BCUT2D eigenvalue weighted by Crippen LogP contribution is 2.59. The molecule has 22 fully saturated rings. The molecule has 0 spiro atoms. The lowest BCUT2D eigenvalue weighted by atomic mass is 9.77. The maximum absolute atomic E-state index is 11.6. The zero-order valence-electron chi connectivity index (χ0n) is 77.3. The molecule has 0 aromatic heterocycles. The van der Waals surface area contributed by atoms with Crippen molar-refractivity contribution in [2.24, 2.45) is 101 Å². The van der Waals surface area contributed by atoms with Crippen LogP contribution in [0.1, 0.15) is 171 Å². The molecule has 20 saturated heterocycles. The highest BCUT2D eigenvalue weighted by molar-refractivity contribution is 8.01. The van der Waals surface area contributed by atoms with Crippen molar-refractivity contribution in [1.82, 2.24) is 60.0 Å². The number of thioether (sulfide) groups is 3. The number of ketones is 9. The monoisotopic (exact) mass is 1740 g/mol. The van der Waals surface area contributed by atoms with Crippen molar-refractivity contribution in [2.45, 2.75) is 278 Å². The highest BCUT2D eigenvalue weighted by Gasteiger charge is 2.62. The number of Topliss-reactive ketones (excluding diaryl/α,β-unsaturated/α-hetero) is 9. The van der Waals surface area contributed by atoms with E-state index in [0.717, 1.165) is 149 Å². The maximum atomic E-state index is 11.6. The van der Waals surface area contributed by atoms with E-state index in [1.165, 1.54) is 127 Å². The van der Waals surface area contributed by atoms with Crippen molar-refractivity contribution >= 4 is 87.3 Å². The Morgan fingerprint density at radius 3 is 1.50 bits per heavy atom. The van der Waals surface area contributed by atoms with Gasteiger partial charge in [0.15, 0.2) is 0 Å². The number of fused-ring (bicyclic) bond motifs is 25. The molecular formula is C95H158N12O11S3. The van der Waals surface area contributed by atoms with Gasteiger partial charge >= 0.3 is 0 Å². The van der Waals surface area contributed by atoms with Gasteiger partial charge in [0.1, 0.15) is 52.0 Å². The van der Waals surface area contributed by atoms with E-state index in [2.05, 4.69) is 128 Å². The summed E-state index contributed by atoms with van der Waals surface area (Å²) in [6, 6.07) is 3.34. The third-order valence-corrected chi connectivity index (χ3v) is 39.1. The van der Waals surface area contributed by atoms with Crippen molar-refractivity contribution in [2.75, 3.05) is 166 Å². The molecule has 35 unspecified atom stereocenters. The summed E-state index contributed by atoms with van der Waals surface area (Å²) in [6.45, 7) is 29.6. The Kier molecular flexibility index (Phi) is 32.0. The van der Waals surface area contributed by atoms with Gasteiger partial charge < -0.3 is 25.4 Å². The second-order valence-corrected chi connectivity index (χ2v) is 46.3. The fraction of sp³-hybridized carbons (Fsp3) is 0.905. The van der Waals surface area contributed by atoms with E-state index in [0.29, 0.717) is 129 Å². The first kappa shape index (κ1) is 94.6. The molecule has 8 bridgehead atoms. The Morgan fingerprint density at radius 1 is 0.339 bits per heavy atom. The standard InChI is InChI=1S/C12H19NO.C11H18N2O.C11H17NO2.C11H17NOS.2C10H18N2O.C10H17NO2.2C10H17NOS/c1-7(14)12-11-9-4-3-8(5-9)10(11)6-13(12)2;1-6(14)11-10-7(5-13(11)2)8-3-4-9(10)12-8;2*1-6(13)11-10-7(5-12(11)2)8-3-4-9(10)14-8;1-7(13)10-9-5-11-4-3-8(9)6-12(10)2;1-7(13)10-9-8(6-12(10)2)4-3-5-11-9;1-7(12)9-10-8(6-11(9)2)4-3-5-13-10;1-7(12)10-9-6-13-4-3-8(9)5-11(10)2;1-7(12)9-10-8(6-11(9)2)4-3-5-13-10/h8-12H,3-6H2,1-2H3;7-12H,3-5H2,1-2H3;2*7-11H,3-5H2,1-2H3;2*8-11H,3-6H2,1-2H3;3*8-10H,3-6H2,1-2H3. The Morgan fingerprint density at radius 2 is 0.835 bits per heavy atom. The van der Waals surface area contributed by atoms with Crippen LogP contribution in [-0.4, -0.2) is 369 Å². The van der Waals surface area contributed by atoms with Crippen molar-refractivity contribution < 1.29 is 52.6 Å². The summed E-state index contributed by atoms with van der Waals surface area (Å²) in [5.74, 6) is 19.0. The molecule has 22 aliphatic rings. The topological polar surface area (TPSA) is 237 Å². The second-order valence-electron chi connectivity index (χ2n) is 42.4. The van der Waals surface area contributed by atoms with Gasteiger partial charge in [-0.15, -0.1) is 0 Å². The predicted octanol–water partition coefficient (Wildman–Crippen LogP) is 7.61. The van der Waals surface area contributed by atoms with E-state index in [4.69, 9.17) is 9.47 Å². The molecule has 20 heterocycles. The molecular weight excluding hydrogens is 1580 g/mol. The number of nitrogens with zero attached hydrogens (tertiary/aromatic N) is 9. The van der Waals surface area contributed by atoms with Crippen LogP contribution < -0.4 is 16.0 Å². The van der Waals surface area contributed by atoms with Gasteiger partial charge in [-0.25, -0.2) is 0 Å². The number of likely N-dealkylation sites (tertiary alicyclic amines) is 9. The van der Waals surface area contributed by atoms with Gasteiger partial charge in [0.2, 0.25) is 0 Å². The third-order valence-electron chi connectivity index (χ3n) is 34.5. The summed E-state index contributed by atoms with van der Waals surface area (Å²) >= 11 is 6.19. The number of rotatable bonds is 9. The lowest BCUT2D eigenvalue weighted by Crippen LogP contribution is -2.49. The lowest BCUT2D eigenvalue weighted by molar-refractivity contribution is -0.126. The molecule has 2 saturated carbocycles. The summed E-state index contributed by atoms with van der Waals surface area (Å²) in [4.78, 5) is 124. The minimum atomic E-state index is 0.0188. The molecule has 26 heteroatoms. The number of ether oxygens (including phenoxy) is 2. The van der Waals surface area contributed by atoms with E-state index in [-0.39, 0.29) is 66.3 Å². The zero-order valence-corrected chi connectivity index (χ0v) is 79.7. The molecule has 35 atom stereocenters. The van der Waals surface area contributed by atoms with E-state index in [1.54, 1.807) is 62.3 Å². The molecule has 121 heavy (non-hydrogen) atoms. The molecule has 2 aliphatic carbocycles. The largest absolute Gasteiger partial charge is 0.376 e. The number of nitrogens with one attached hydrogen (secondary N) is 3. The molecule has 23 nitrogen and oxygen atoms in total. The van der Waals surface area contributed by atoms with Crippen LogP contribution in [0.2, 0.25) is 0 Å². The fourth-order valence-corrected chi connectivity index (χ4v) is 35.2. The average Bonchev–Trinajstić information content (AvgIpc) is 1.59. The van der Waals surface area contributed by atoms with Gasteiger partial charge in [-0.1, -0.05) is 0 Å². The van der Waals surface area contributed by atoms with Crippen LogP contribution >= 0.6 is 35.3 Å². The van der Waals surface area contributed by atoms with E-state index in [1.807, 2.05) is 30.6 Å². The summed E-state index contributed by atoms with van der Waals surface area (Å²) < 4.78 is 11.6. The van der Waals surface area contributed by atoms with Crippen LogP contribution in [0.5, 0.6) is 0 Å². The number of carbonyl (C=O) groups is 9. The summed E-state index contributed by atoms with van der Waals surface area (Å²) in [5, 5.41) is 12.8. The molecule has 3 N–H and O–H groups in total. The quantitative estimate of drug-likeness (QED) is 0.201. The first-order valence-corrected chi connectivity index (χ1v) is 51.1. The third kappa shape index (κ3) is 19.9. The van der Waals surface area contributed by atoms with Crippen LogP contribution in [0.3, 0.4) is 0 Å². The van der Waals surface area contributed by atoms with Gasteiger partial charge in [-0.2, -0.15) is 35.3 Å². The number of hydrogen-bond acceptors (Lipinski definition) is 26. The number of hydrogen-bond donors (Lipinski definition) is 3. The first-order valence-electron chi connectivity index (χ1n) is 47.9. The van der Waals surface area contributed by atoms with Crippen molar-refractivity contribution in [1.29, 1.82) is 0 Å². The fourth-order valence-electron chi connectivity index (χ4n) is 30.2. The molecule has 22 rings (SSSR count). The van der Waals surface area contributed by atoms with Crippen molar-refractivity contribution in [3.05, 3.63) is 0 Å². The summed E-state index contributed by atoms with van der Waals surface area (Å²) in [7, 11) is 18.8. The van der Waals surface area contributed by atoms with Crippen LogP contribution in [0, 0.1) is 101 Å². The molecule has 0 aromatic rings. The number of likely N-dealkylation sites (N-methyl/N-ethyl adjacent to an activating group) is 9. The Hall–Kier alpha value is -2.48. The van der Waals surface area contributed by atoms with Crippen LogP contribution in [-0.2, 0) is 52.6 Å². The number of carbonyl (C=O) groups excluding carboxylic acids is 9. The van der Waals surface area contributed by atoms with Gasteiger partial charge in [0.05, 0.1) is 72.7 Å². The van der Waals surface area contributed by atoms with E-state index < -0.39 is 0 Å². The summed E-state index contributed by atoms with van der Waals surface area (Å²) in [6.07, 6.45) is 23.1. The second kappa shape index (κ2) is 40.9. The Labute approximate surface area is 740 Å². The Bertz CT molecular complexity index is 3150. The Balaban J connectivity index is 0.000000111. The molecule has 0 aromatic carbocycles. The highest BCUT2D eigenvalue weighted by atomic mass is 32.2. The zero-order chi connectivity index (χ0) is 86.6. The van der Waals surface area contributed by atoms with Crippen molar-refractivity contribution in [3.63, 3.8) is 0 Å². The minimum Gasteiger partial charge on any atom is -0.376 e. The van der Waals surface area contributed by atoms with Crippen LogP contribution in [0.25, 0.3) is 0 Å². The molecule has 0 radical (unpaired) electrons. The smallest absolute Gasteiger partial charge is 0.149 e. The van der Waals surface area contributed by atoms with E-state index in [9.17, 15) is 43.2 Å². The first-order chi connectivity index (χ1) is 57.7. The summed E-state index contributed by atoms with van der Waals surface area (Å²) in [5.41, 5.74) is 0. The van der Waals surface area contributed by atoms with Gasteiger partial charge in [0, 0.05) is 124 Å². The van der Waals surface area contributed by atoms with Crippen LogP contribution in [0.4, 0.5) is 0 Å². The minimum absolute atomic E-state index is 0.0188. The van der Waals surface area contributed by atoms with Crippen molar-refractivity contribution in [3.8, 4) is 0 Å². The number of piperidine rings is 2. The lowest BCUT2D eigenvalue weighted by Gasteiger charge is -2.29. The van der Waals surface area contributed by atoms with Gasteiger partial charge in [-0.3, -0.25) is 87.3 Å². The van der Waals surface area contributed by atoms with Gasteiger partial charge in [-0.05, 0) is 348 Å². The average molecular weight is 1740 g/mol. The molecule has 0 amide bonds. The molecule has 682 valence electrons. The van der Waals surface area contributed by atoms with Gasteiger partial charge in [0.25, 0.3) is 0 Å². The predicted molar refractivity (Wildman–Crippen MR) is 484 cm³/mol. The van der Waals surface area contributed by atoms with Crippen LogP contribution in [0.15, 0.2) is 0 Å². The normalized spacial score (nSPS) is 45.3. The maximum Gasteiger partial charge on any atom is 0.149 e. The van der Waals surface area contributed by atoms with E-state index >= 15 is 0 Å². The molecule has 20 aliphatic heterocycles. The SMILES string of the molecule is CC(=O)C1C2C3CCC(C3)C2CN1C.CC(=O)C1C2C3CCC(N3)C2CN1C.CC(=O)C1C2C3CCC(O3)C2CN1C.CC(=O)C1C2C3CCC(S3)C2CN1C.CC(=O)C1C2CNCCC2CN1C.CC(=O)C1C2CSCCC2CN1C.CC(=O)C1C2NCCCC2CN1C.CC(=O)C1C2OCCCC2CN1C.CC(=O)C1C2SCCCC2CN1C.